The highest BCUT2D eigenvalue weighted by molar-refractivity contribution is 6.44. The molecule has 164 valence electrons. The third-order valence-electron chi connectivity index (χ3n) is 6.14. The number of amides is 1. The van der Waals surface area contributed by atoms with Gasteiger partial charge < -0.3 is 14.5 Å². The molecule has 0 bridgehead atoms. The largest absolute Gasteiger partial charge is 0.497 e. The lowest BCUT2D eigenvalue weighted by Gasteiger charge is -2.28. The summed E-state index contributed by atoms with van der Waals surface area (Å²) >= 11 is 0. The highest BCUT2D eigenvalue weighted by atomic mass is 16.5. The predicted molar refractivity (Wildman–Crippen MR) is 116 cm³/mol. The molecule has 1 aromatic carbocycles. The molecule has 1 amide bonds. The van der Waals surface area contributed by atoms with Crippen LogP contribution in [0.15, 0.2) is 42.7 Å². The van der Waals surface area contributed by atoms with Crippen molar-refractivity contribution >= 4 is 17.5 Å². The number of likely N-dealkylation sites (tertiary alicyclic amines) is 1. The second-order valence-corrected chi connectivity index (χ2v) is 7.82. The lowest BCUT2D eigenvalue weighted by Crippen LogP contribution is -3.12. The molecule has 1 saturated heterocycles. The van der Waals surface area contributed by atoms with Crippen molar-refractivity contribution in [1.82, 2.24) is 9.88 Å². The number of nitrogens with one attached hydrogen (secondary N) is 1. The summed E-state index contributed by atoms with van der Waals surface area (Å²) in [6.45, 7) is 8.99. The maximum Gasteiger partial charge on any atom is 0.291 e. The normalized spacial score (nSPS) is 18.7. The second kappa shape index (κ2) is 9.83. The Morgan fingerprint density at radius 3 is 2.39 bits per heavy atom. The average Bonchev–Trinajstić information content (AvgIpc) is 3.04. The quantitative estimate of drug-likeness (QED) is 0.373. The molecule has 0 radical (unpaired) electrons. The molecule has 0 saturated carbocycles. The highest BCUT2D eigenvalue weighted by Crippen LogP contribution is 2.38. The van der Waals surface area contributed by atoms with Crippen molar-refractivity contribution in [2.75, 3.05) is 33.3 Å². The van der Waals surface area contributed by atoms with Crippen LogP contribution >= 0.6 is 0 Å². The van der Waals surface area contributed by atoms with E-state index < -0.39 is 23.7 Å². The van der Waals surface area contributed by atoms with Crippen molar-refractivity contribution in [3.63, 3.8) is 0 Å². The van der Waals surface area contributed by atoms with Crippen molar-refractivity contribution < 1.29 is 24.0 Å². The minimum Gasteiger partial charge on any atom is -0.497 e. The molecule has 31 heavy (non-hydrogen) atoms. The van der Waals surface area contributed by atoms with Gasteiger partial charge in [0.15, 0.2) is 5.78 Å². The van der Waals surface area contributed by atoms with Crippen LogP contribution in [0.5, 0.6) is 5.75 Å². The van der Waals surface area contributed by atoms with Crippen molar-refractivity contribution in [2.45, 2.75) is 26.8 Å². The number of hydrogen-bond donors (Lipinski definition) is 1. The maximum atomic E-state index is 13.5. The topological polar surface area (TPSA) is 81.0 Å². The molecule has 2 atom stereocenters. The summed E-state index contributed by atoms with van der Waals surface area (Å²) in [5.74, 6) is -2.00. The molecule has 2 aromatic rings. The van der Waals surface area contributed by atoms with Crippen LogP contribution in [0, 0.1) is 12.8 Å². The molecular weight excluding hydrogens is 394 g/mol. The Balaban J connectivity index is 2.00. The maximum absolute atomic E-state index is 13.5. The number of aromatic nitrogens is 1. The zero-order valence-electron chi connectivity index (χ0n) is 18.6. The van der Waals surface area contributed by atoms with E-state index in [2.05, 4.69) is 18.8 Å². The first kappa shape index (κ1) is 22.6. The number of quaternary nitrogens is 1. The first-order valence-corrected chi connectivity index (χ1v) is 10.7. The summed E-state index contributed by atoms with van der Waals surface area (Å²) in [6.07, 6.45) is 3.24. The number of methoxy groups -OCH3 is 1. The van der Waals surface area contributed by atoms with Crippen LogP contribution in [0.4, 0.5) is 0 Å². The number of hydrogen-bond acceptors (Lipinski definition) is 5. The SMILES string of the molecule is CC[NH+](CC)CCN1C(=O)C(=O)C(C(=O)c2ccc(OC)cc2C)C1c1ccncc1. The van der Waals surface area contributed by atoms with Gasteiger partial charge in [0.25, 0.3) is 5.91 Å². The molecule has 1 N–H and O–H groups in total. The first-order valence-electron chi connectivity index (χ1n) is 10.7. The van der Waals surface area contributed by atoms with Crippen LogP contribution in [0.25, 0.3) is 0 Å². The number of aryl methyl sites for hydroxylation is 1. The summed E-state index contributed by atoms with van der Waals surface area (Å²) in [6, 6.07) is 8.04. The zero-order valence-corrected chi connectivity index (χ0v) is 18.6. The van der Waals surface area contributed by atoms with E-state index in [-0.39, 0.29) is 5.78 Å². The molecule has 2 unspecified atom stereocenters. The molecule has 7 heteroatoms. The first-order chi connectivity index (χ1) is 14.9. The fourth-order valence-corrected chi connectivity index (χ4v) is 4.25. The van der Waals surface area contributed by atoms with Crippen LogP contribution in [0.3, 0.4) is 0 Å². The van der Waals surface area contributed by atoms with Gasteiger partial charge >= 0.3 is 0 Å². The Morgan fingerprint density at radius 2 is 1.81 bits per heavy atom. The van der Waals surface area contributed by atoms with Crippen LogP contribution in [-0.4, -0.2) is 60.6 Å². The fourth-order valence-electron chi connectivity index (χ4n) is 4.25. The van der Waals surface area contributed by atoms with Gasteiger partial charge in [0.1, 0.15) is 11.7 Å². The number of carbonyl (C=O) groups is 3. The van der Waals surface area contributed by atoms with Gasteiger partial charge in [-0.25, -0.2) is 0 Å². The third-order valence-corrected chi connectivity index (χ3v) is 6.14. The van der Waals surface area contributed by atoms with E-state index in [0.29, 0.717) is 23.4 Å². The van der Waals surface area contributed by atoms with E-state index in [1.54, 1.807) is 61.7 Å². The molecule has 2 heterocycles. The number of ketones is 2. The van der Waals surface area contributed by atoms with Gasteiger partial charge in [-0.05, 0) is 62.2 Å². The van der Waals surface area contributed by atoms with Crippen LogP contribution < -0.4 is 9.64 Å². The van der Waals surface area contributed by atoms with Gasteiger partial charge in [0.2, 0.25) is 5.78 Å². The zero-order chi connectivity index (χ0) is 22.5. The molecule has 3 rings (SSSR count). The van der Waals surface area contributed by atoms with Crippen LogP contribution in [0.2, 0.25) is 0 Å². The number of Topliss-reactive ketones (excluding diaryl/α,β-unsaturated/α-hetero) is 2. The molecule has 0 spiro atoms. The molecule has 0 aliphatic carbocycles. The van der Waals surface area contributed by atoms with Crippen molar-refractivity contribution in [1.29, 1.82) is 0 Å². The molecule has 1 fully saturated rings. The lowest BCUT2D eigenvalue weighted by molar-refractivity contribution is -0.895. The molecule has 7 nitrogen and oxygen atoms in total. The Hall–Kier alpha value is -3.06. The smallest absolute Gasteiger partial charge is 0.291 e. The summed E-state index contributed by atoms with van der Waals surface area (Å²) < 4.78 is 5.23. The van der Waals surface area contributed by atoms with Crippen LogP contribution in [-0.2, 0) is 9.59 Å². The summed E-state index contributed by atoms with van der Waals surface area (Å²) in [5.41, 5.74) is 1.89. The number of likely N-dealkylation sites (N-methyl/N-ethyl adjacent to an activating group) is 1. The number of carbonyl (C=O) groups excluding carboxylic acids is 3. The summed E-state index contributed by atoms with van der Waals surface area (Å²) in [5, 5.41) is 0. The van der Waals surface area contributed by atoms with Gasteiger partial charge in [-0.15, -0.1) is 0 Å². The highest BCUT2D eigenvalue weighted by Gasteiger charge is 2.51. The monoisotopic (exact) mass is 424 g/mol. The average molecular weight is 425 g/mol. The molecule has 1 aliphatic rings. The summed E-state index contributed by atoms with van der Waals surface area (Å²) in [4.78, 5) is 46.6. The lowest BCUT2D eigenvalue weighted by atomic mass is 9.85. The number of ether oxygens (including phenoxy) is 1. The van der Waals surface area contributed by atoms with E-state index >= 15 is 0 Å². The van der Waals surface area contributed by atoms with Gasteiger partial charge in [0, 0.05) is 18.0 Å². The third kappa shape index (κ3) is 4.51. The Bertz CT molecular complexity index is 957. The van der Waals surface area contributed by atoms with E-state index in [9.17, 15) is 14.4 Å². The van der Waals surface area contributed by atoms with Gasteiger partial charge in [-0.2, -0.15) is 0 Å². The minimum absolute atomic E-state index is 0.335. The van der Waals surface area contributed by atoms with Gasteiger partial charge in [-0.1, -0.05) is 0 Å². The number of nitrogens with zero attached hydrogens (tertiary/aromatic N) is 2. The Kier molecular flexibility index (Phi) is 7.17. The molecule has 1 aromatic heterocycles. The van der Waals surface area contributed by atoms with Crippen molar-refractivity contribution in [2.24, 2.45) is 5.92 Å². The van der Waals surface area contributed by atoms with E-state index in [1.165, 1.54) is 4.90 Å². The van der Waals surface area contributed by atoms with E-state index in [0.717, 1.165) is 25.2 Å². The van der Waals surface area contributed by atoms with Gasteiger partial charge in [-0.3, -0.25) is 19.4 Å². The van der Waals surface area contributed by atoms with E-state index in [4.69, 9.17) is 4.74 Å². The second-order valence-electron chi connectivity index (χ2n) is 7.82. The minimum atomic E-state index is -1.08. The van der Waals surface area contributed by atoms with E-state index in [1.807, 2.05) is 0 Å². The van der Waals surface area contributed by atoms with Gasteiger partial charge in [0.05, 0.1) is 39.3 Å². The number of pyridine rings is 1. The Labute approximate surface area is 183 Å². The predicted octanol–water partition coefficient (Wildman–Crippen LogP) is 1.27. The Morgan fingerprint density at radius 1 is 1.13 bits per heavy atom. The van der Waals surface area contributed by atoms with Crippen molar-refractivity contribution in [3.05, 3.63) is 59.4 Å². The fraction of sp³-hybridized carbons (Fsp3) is 0.417. The number of benzene rings is 1. The molecule has 1 aliphatic heterocycles. The summed E-state index contributed by atoms with van der Waals surface area (Å²) in [7, 11) is 1.56. The van der Waals surface area contributed by atoms with Crippen molar-refractivity contribution in [3.8, 4) is 5.75 Å². The molecular formula is C24H30N3O4+. The van der Waals surface area contributed by atoms with Crippen LogP contribution in [0.1, 0.15) is 41.4 Å². The standard InChI is InChI=1S/C24H29N3O4/c1-5-26(6-2)13-14-27-21(17-9-11-25-12-10-17)20(23(29)24(27)30)22(28)19-8-7-18(31-4)15-16(19)3/h7-12,15,20-21H,5-6,13-14H2,1-4H3/p+1. The number of rotatable bonds is 9.